The molecule has 0 bridgehead atoms. The first-order valence-corrected chi connectivity index (χ1v) is 10.2. The molecule has 1 amide bonds. The smallest absolute Gasteiger partial charge is 0.226 e. The maximum atomic E-state index is 12.4. The van der Waals surface area contributed by atoms with E-state index < -0.39 is 0 Å². The number of hydrogen-bond acceptors (Lipinski definition) is 5. The molecular weight excluding hydrogens is 358 g/mol. The zero-order valence-corrected chi connectivity index (χ0v) is 16.4. The van der Waals surface area contributed by atoms with E-state index in [2.05, 4.69) is 28.4 Å². The Morgan fingerprint density at radius 2 is 2.11 bits per heavy atom. The van der Waals surface area contributed by atoms with Gasteiger partial charge in [0.15, 0.2) is 0 Å². The number of ether oxygens (including phenoxy) is 1. The van der Waals surface area contributed by atoms with Crippen molar-refractivity contribution in [2.45, 2.75) is 38.1 Å². The van der Waals surface area contributed by atoms with E-state index in [1.807, 2.05) is 17.5 Å². The Hall–Kier alpha value is -2.36. The largest absolute Gasteiger partial charge is 0.497 e. The zero-order chi connectivity index (χ0) is 19.1. The molecule has 1 unspecified atom stereocenters. The summed E-state index contributed by atoms with van der Waals surface area (Å²) in [5, 5.41) is 14.4. The maximum absolute atomic E-state index is 12.4. The number of rotatable bonds is 6. The summed E-state index contributed by atoms with van der Waals surface area (Å²) in [4.78, 5) is 14.8. The summed E-state index contributed by atoms with van der Waals surface area (Å²) in [6, 6.07) is 12.4. The Balaban J connectivity index is 1.63. The fraction of sp³-hybridized carbons (Fsp3) is 0.429. The van der Waals surface area contributed by atoms with Gasteiger partial charge >= 0.3 is 0 Å². The molecule has 142 valence electrons. The van der Waals surface area contributed by atoms with Crippen molar-refractivity contribution in [3.05, 3.63) is 46.8 Å². The van der Waals surface area contributed by atoms with Crippen LogP contribution in [0.4, 0.5) is 5.00 Å². The quantitative estimate of drug-likeness (QED) is 0.793. The molecule has 0 radical (unpaired) electrons. The highest BCUT2D eigenvalue weighted by Gasteiger charge is 2.23. The Morgan fingerprint density at radius 3 is 2.85 bits per heavy atom. The normalized spacial score (nSPS) is 17.7. The summed E-state index contributed by atoms with van der Waals surface area (Å²) in [6.07, 6.45) is 5.14. The second-order valence-electron chi connectivity index (χ2n) is 6.75. The fourth-order valence-electron chi connectivity index (χ4n) is 3.57. The van der Waals surface area contributed by atoms with Crippen LogP contribution in [0.3, 0.4) is 0 Å². The Bertz CT molecular complexity index is 795. The lowest BCUT2D eigenvalue weighted by atomic mass is 10.0. The molecule has 1 aromatic carbocycles. The van der Waals surface area contributed by atoms with Gasteiger partial charge in [-0.15, -0.1) is 11.3 Å². The van der Waals surface area contributed by atoms with Gasteiger partial charge in [0, 0.05) is 19.0 Å². The standard InChI is InChI=1S/C21H25N3O2S/c1-26-18-8-6-16(7-9-18)19-5-3-2-4-12-24(19)13-10-20(25)23-21-17(15-22)11-14-27-21/h6-9,11,14,19H,2-5,10,12-13H2,1H3,(H,23,25). The van der Waals surface area contributed by atoms with E-state index in [4.69, 9.17) is 10.00 Å². The molecule has 1 fully saturated rings. The van der Waals surface area contributed by atoms with Crippen molar-refractivity contribution in [2.24, 2.45) is 0 Å². The molecule has 5 nitrogen and oxygen atoms in total. The molecule has 1 saturated heterocycles. The van der Waals surface area contributed by atoms with Gasteiger partial charge in [0.05, 0.1) is 12.7 Å². The number of hydrogen-bond donors (Lipinski definition) is 1. The lowest BCUT2D eigenvalue weighted by Crippen LogP contribution is -2.31. The molecule has 1 N–H and O–H groups in total. The van der Waals surface area contributed by atoms with Gasteiger partial charge in [-0.2, -0.15) is 5.26 Å². The number of nitrogens with zero attached hydrogens (tertiary/aromatic N) is 2. The topological polar surface area (TPSA) is 65.4 Å². The monoisotopic (exact) mass is 383 g/mol. The molecule has 27 heavy (non-hydrogen) atoms. The summed E-state index contributed by atoms with van der Waals surface area (Å²) < 4.78 is 5.27. The third-order valence-electron chi connectivity index (χ3n) is 5.03. The van der Waals surface area contributed by atoms with Crippen LogP contribution in [0, 0.1) is 11.3 Å². The number of carbonyl (C=O) groups is 1. The van der Waals surface area contributed by atoms with Crippen molar-refractivity contribution < 1.29 is 9.53 Å². The van der Waals surface area contributed by atoms with Gasteiger partial charge in [-0.25, -0.2) is 0 Å². The number of anilines is 1. The van der Waals surface area contributed by atoms with Crippen molar-refractivity contribution in [1.29, 1.82) is 5.26 Å². The van der Waals surface area contributed by atoms with Crippen LogP contribution in [-0.2, 0) is 4.79 Å². The molecule has 1 aliphatic rings. The van der Waals surface area contributed by atoms with E-state index in [0.29, 0.717) is 23.0 Å². The first-order valence-electron chi connectivity index (χ1n) is 9.36. The minimum atomic E-state index is -0.0355. The van der Waals surface area contributed by atoms with E-state index in [0.717, 1.165) is 31.7 Å². The van der Waals surface area contributed by atoms with Crippen LogP contribution in [0.1, 0.15) is 49.3 Å². The SMILES string of the molecule is COc1ccc(C2CCCCCN2CCC(=O)Nc2sccc2C#N)cc1. The number of carbonyl (C=O) groups excluding carboxylic acids is 1. The van der Waals surface area contributed by atoms with Crippen molar-refractivity contribution in [1.82, 2.24) is 4.90 Å². The van der Waals surface area contributed by atoms with Gasteiger partial charge < -0.3 is 10.1 Å². The number of likely N-dealkylation sites (tertiary alicyclic amines) is 1. The molecule has 0 saturated carbocycles. The first kappa shape index (κ1) is 19.4. The Morgan fingerprint density at radius 1 is 1.30 bits per heavy atom. The maximum Gasteiger partial charge on any atom is 0.226 e. The predicted octanol–water partition coefficient (Wildman–Crippen LogP) is 4.57. The van der Waals surface area contributed by atoms with E-state index >= 15 is 0 Å². The van der Waals surface area contributed by atoms with Gasteiger partial charge in [-0.05, 0) is 48.5 Å². The number of methoxy groups -OCH3 is 1. The van der Waals surface area contributed by atoms with Crippen molar-refractivity contribution in [3.63, 3.8) is 0 Å². The molecule has 2 aromatic rings. The van der Waals surface area contributed by atoms with Crippen LogP contribution in [0.2, 0.25) is 0 Å². The van der Waals surface area contributed by atoms with Crippen LogP contribution < -0.4 is 10.1 Å². The molecule has 1 atom stereocenters. The Kier molecular flexibility index (Phi) is 6.86. The highest BCUT2D eigenvalue weighted by molar-refractivity contribution is 7.14. The van der Waals surface area contributed by atoms with Crippen LogP contribution in [0.15, 0.2) is 35.7 Å². The summed E-state index contributed by atoms with van der Waals surface area (Å²) >= 11 is 1.39. The average Bonchev–Trinajstić information content (AvgIpc) is 3.01. The summed E-state index contributed by atoms with van der Waals surface area (Å²) in [7, 11) is 1.68. The van der Waals surface area contributed by atoms with Crippen molar-refractivity contribution in [2.75, 3.05) is 25.5 Å². The highest BCUT2D eigenvalue weighted by atomic mass is 32.1. The Labute approximate surface area is 164 Å². The van der Waals surface area contributed by atoms with Crippen molar-refractivity contribution >= 4 is 22.2 Å². The number of thiophene rings is 1. The molecule has 6 heteroatoms. The lowest BCUT2D eigenvalue weighted by Gasteiger charge is -2.30. The van der Waals surface area contributed by atoms with E-state index in [1.54, 1.807) is 13.2 Å². The van der Waals surface area contributed by atoms with Crippen molar-refractivity contribution in [3.8, 4) is 11.8 Å². The van der Waals surface area contributed by atoms with Gasteiger partial charge in [0.2, 0.25) is 5.91 Å². The minimum absolute atomic E-state index is 0.0355. The van der Waals surface area contributed by atoms with Gasteiger partial charge in [0.25, 0.3) is 0 Å². The lowest BCUT2D eigenvalue weighted by molar-refractivity contribution is -0.116. The molecule has 0 spiro atoms. The molecule has 0 aliphatic carbocycles. The number of amides is 1. The van der Waals surface area contributed by atoms with Crippen LogP contribution in [0.25, 0.3) is 0 Å². The van der Waals surface area contributed by atoms with E-state index in [1.165, 1.54) is 29.7 Å². The first-order chi connectivity index (χ1) is 13.2. The van der Waals surface area contributed by atoms with Crippen LogP contribution in [-0.4, -0.2) is 31.0 Å². The third-order valence-corrected chi connectivity index (χ3v) is 5.86. The summed E-state index contributed by atoms with van der Waals surface area (Å²) in [6.45, 7) is 1.72. The highest BCUT2D eigenvalue weighted by Crippen LogP contribution is 2.31. The fourth-order valence-corrected chi connectivity index (χ4v) is 4.32. The van der Waals surface area contributed by atoms with Gasteiger partial charge in [-0.1, -0.05) is 25.0 Å². The average molecular weight is 384 g/mol. The molecule has 3 rings (SSSR count). The second-order valence-corrected chi connectivity index (χ2v) is 7.66. The molecule has 1 aromatic heterocycles. The number of benzene rings is 1. The van der Waals surface area contributed by atoms with Gasteiger partial charge in [0.1, 0.15) is 16.8 Å². The summed E-state index contributed by atoms with van der Waals surface area (Å²) in [5.74, 6) is 0.828. The molecular formula is C21H25N3O2S. The molecule has 2 heterocycles. The minimum Gasteiger partial charge on any atom is -0.497 e. The number of nitriles is 1. The van der Waals surface area contributed by atoms with Gasteiger partial charge in [-0.3, -0.25) is 9.69 Å². The predicted molar refractivity (Wildman–Crippen MR) is 108 cm³/mol. The van der Waals surface area contributed by atoms with E-state index in [9.17, 15) is 4.79 Å². The molecule has 1 aliphatic heterocycles. The number of nitrogens with one attached hydrogen (secondary N) is 1. The van der Waals surface area contributed by atoms with Crippen LogP contribution in [0.5, 0.6) is 5.75 Å². The van der Waals surface area contributed by atoms with E-state index in [-0.39, 0.29) is 5.91 Å². The van der Waals surface area contributed by atoms with Crippen LogP contribution >= 0.6 is 11.3 Å². The zero-order valence-electron chi connectivity index (χ0n) is 15.6. The second kappa shape index (κ2) is 9.54. The third kappa shape index (κ3) is 5.09. The summed E-state index contributed by atoms with van der Waals surface area (Å²) in [5.41, 5.74) is 1.81.